The largest absolute Gasteiger partial charge is 0.466 e. The monoisotopic (exact) mass is 467 g/mol. The highest BCUT2D eigenvalue weighted by atomic mass is 32.2. The van der Waals surface area contributed by atoms with Gasteiger partial charge in [0.2, 0.25) is 15.9 Å². The second kappa shape index (κ2) is 11.4. The SMILES string of the molecule is CCOC(=O)C1CCN(C(=O)CN(C)C(=O)c2ccc(S(=O)(=O)NC(C)CC)cc2)CC1. The van der Waals surface area contributed by atoms with Crippen LogP contribution in [0.3, 0.4) is 0 Å². The number of hydrogen-bond donors (Lipinski definition) is 1. The van der Waals surface area contributed by atoms with E-state index in [1.54, 1.807) is 18.7 Å². The molecule has 0 saturated carbocycles. The fraction of sp³-hybridized carbons (Fsp3) is 0.591. The molecule has 178 valence electrons. The Kier molecular flexibility index (Phi) is 9.21. The number of likely N-dealkylation sites (tertiary alicyclic amines) is 1. The number of esters is 1. The van der Waals surface area contributed by atoms with Gasteiger partial charge in [-0.15, -0.1) is 0 Å². The minimum Gasteiger partial charge on any atom is -0.466 e. The molecule has 1 atom stereocenters. The smallest absolute Gasteiger partial charge is 0.309 e. The van der Waals surface area contributed by atoms with Crippen molar-refractivity contribution >= 4 is 27.8 Å². The Morgan fingerprint density at radius 2 is 1.75 bits per heavy atom. The van der Waals surface area contributed by atoms with Crippen molar-refractivity contribution in [2.24, 2.45) is 5.92 Å². The van der Waals surface area contributed by atoms with Gasteiger partial charge in [0.25, 0.3) is 5.91 Å². The standard InChI is InChI=1S/C22H33N3O6S/c1-5-16(3)23-32(29,30)19-9-7-17(8-10-19)21(27)24(4)15-20(26)25-13-11-18(12-14-25)22(28)31-6-2/h7-10,16,18,23H,5-6,11-15H2,1-4H3. The number of nitrogens with one attached hydrogen (secondary N) is 1. The van der Waals surface area contributed by atoms with Crippen LogP contribution < -0.4 is 4.72 Å². The van der Waals surface area contributed by atoms with Gasteiger partial charge < -0.3 is 14.5 Å². The molecule has 1 aliphatic rings. The van der Waals surface area contributed by atoms with Gasteiger partial charge in [0.05, 0.1) is 24.0 Å². The van der Waals surface area contributed by atoms with Crippen molar-refractivity contribution in [2.45, 2.75) is 51.0 Å². The van der Waals surface area contributed by atoms with Crippen LogP contribution in [0.2, 0.25) is 0 Å². The maximum Gasteiger partial charge on any atom is 0.309 e. The number of benzene rings is 1. The summed E-state index contributed by atoms with van der Waals surface area (Å²) < 4.78 is 32.3. The zero-order chi connectivity index (χ0) is 23.9. The number of amides is 2. The third-order valence-electron chi connectivity index (χ3n) is 5.57. The molecule has 0 aromatic heterocycles. The number of sulfonamides is 1. The van der Waals surface area contributed by atoms with E-state index in [9.17, 15) is 22.8 Å². The molecule has 1 fully saturated rings. The van der Waals surface area contributed by atoms with Gasteiger partial charge in [-0.05, 0) is 57.4 Å². The summed E-state index contributed by atoms with van der Waals surface area (Å²) in [6, 6.07) is 5.46. The molecule has 1 N–H and O–H groups in total. The molecule has 0 bridgehead atoms. The van der Waals surface area contributed by atoms with E-state index in [0.29, 0.717) is 44.5 Å². The number of piperidine rings is 1. The van der Waals surface area contributed by atoms with Crippen molar-refractivity contribution in [1.29, 1.82) is 0 Å². The highest BCUT2D eigenvalue weighted by Crippen LogP contribution is 2.19. The third-order valence-corrected chi connectivity index (χ3v) is 7.17. The van der Waals surface area contributed by atoms with Crippen LogP contribution in [0.1, 0.15) is 50.4 Å². The highest BCUT2D eigenvalue weighted by Gasteiger charge is 2.29. The quantitative estimate of drug-likeness (QED) is 0.553. The maximum absolute atomic E-state index is 12.7. The molecule has 1 heterocycles. The zero-order valence-corrected chi connectivity index (χ0v) is 20.0. The maximum atomic E-state index is 12.7. The van der Waals surface area contributed by atoms with E-state index in [0.717, 1.165) is 0 Å². The molecule has 2 rings (SSSR count). The Labute approximate surface area is 190 Å². The lowest BCUT2D eigenvalue weighted by Gasteiger charge is -2.32. The average molecular weight is 468 g/mol. The van der Waals surface area contributed by atoms with E-state index in [-0.39, 0.29) is 41.2 Å². The summed E-state index contributed by atoms with van der Waals surface area (Å²) in [5, 5.41) is 0. The van der Waals surface area contributed by atoms with Gasteiger partial charge in [0.15, 0.2) is 0 Å². The normalized spacial score (nSPS) is 15.8. The van der Waals surface area contributed by atoms with Gasteiger partial charge in [0.1, 0.15) is 0 Å². The molecular weight excluding hydrogens is 434 g/mol. The predicted molar refractivity (Wildman–Crippen MR) is 119 cm³/mol. The Morgan fingerprint density at radius 3 is 2.28 bits per heavy atom. The van der Waals surface area contributed by atoms with Gasteiger partial charge >= 0.3 is 5.97 Å². The van der Waals surface area contributed by atoms with Crippen molar-refractivity contribution in [3.05, 3.63) is 29.8 Å². The lowest BCUT2D eigenvalue weighted by Crippen LogP contribution is -2.45. The van der Waals surface area contributed by atoms with Crippen LogP contribution in [0.4, 0.5) is 0 Å². The second-order valence-electron chi connectivity index (χ2n) is 8.02. The fourth-order valence-electron chi connectivity index (χ4n) is 3.41. The van der Waals surface area contributed by atoms with Gasteiger partial charge in [0, 0.05) is 31.7 Å². The molecule has 2 amide bonds. The van der Waals surface area contributed by atoms with E-state index in [1.165, 1.54) is 36.2 Å². The molecule has 1 unspecified atom stereocenters. The topological polar surface area (TPSA) is 113 Å². The van der Waals surface area contributed by atoms with Crippen molar-refractivity contribution in [3.63, 3.8) is 0 Å². The number of ether oxygens (including phenoxy) is 1. The number of nitrogens with zero attached hydrogens (tertiary/aromatic N) is 2. The van der Waals surface area contributed by atoms with E-state index in [2.05, 4.69) is 4.72 Å². The Morgan fingerprint density at radius 1 is 1.16 bits per heavy atom. The molecule has 9 nitrogen and oxygen atoms in total. The molecular formula is C22H33N3O6S. The first-order valence-corrected chi connectivity index (χ1v) is 12.4. The number of likely N-dealkylation sites (N-methyl/N-ethyl adjacent to an activating group) is 1. The summed E-state index contributed by atoms with van der Waals surface area (Å²) in [6.07, 6.45) is 1.75. The van der Waals surface area contributed by atoms with Gasteiger partial charge in [-0.25, -0.2) is 13.1 Å². The number of carbonyl (C=O) groups is 3. The van der Waals surface area contributed by atoms with Crippen LogP contribution in [0.5, 0.6) is 0 Å². The van der Waals surface area contributed by atoms with E-state index >= 15 is 0 Å². The van der Waals surface area contributed by atoms with Gasteiger partial charge in [-0.1, -0.05) is 6.92 Å². The predicted octanol–water partition coefficient (Wildman–Crippen LogP) is 1.64. The summed E-state index contributed by atoms with van der Waals surface area (Å²) in [5.41, 5.74) is 0.295. The molecule has 0 radical (unpaired) electrons. The van der Waals surface area contributed by atoms with Crippen LogP contribution in [0, 0.1) is 5.92 Å². The van der Waals surface area contributed by atoms with Crippen LogP contribution in [0.15, 0.2) is 29.2 Å². The minimum atomic E-state index is -3.65. The molecule has 1 aromatic carbocycles. The third kappa shape index (κ3) is 6.77. The van der Waals surface area contributed by atoms with E-state index < -0.39 is 10.0 Å². The molecule has 1 saturated heterocycles. The molecule has 0 aliphatic carbocycles. The van der Waals surface area contributed by atoms with Crippen LogP contribution in [-0.4, -0.2) is 75.3 Å². The highest BCUT2D eigenvalue weighted by molar-refractivity contribution is 7.89. The number of hydrogen-bond acceptors (Lipinski definition) is 6. The Balaban J connectivity index is 1.92. The first-order chi connectivity index (χ1) is 15.1. The Bertz CT molecular complexity index is 908. The molecule has 0 spiro atoms. The molecule has 32 heavy (non-hydrogen) atoms. The minimum absolute atomic E-state index is 0.0811. The van der Waals surface area contributed by atoms with Crippen molar-refractivity contribution in [1.82, 2.24) is 14.5 Å². The summed E-state index contributed by atoms with van der Waals surface area (Å²) in [6.45, 7) is 6.56. The van der Waals surface area contributed by atoms with Crippen LogP contribution in [0.25, 0.3) is 0 Å². The lowest BCUT2D eigenvalue weighted by atomic mass is 9.97. The molecule has 1 aliphatic heterocycles. The fourth-order valence-corrected chi connectivity index (χ4v) is 4.74. The number of carbonyl (C=O) groups excluding carboxylic acids is 3. The van der Waals surface area contributed by atoms with Crippen molar-refractivity contribution < 1.29 is 27.5 Å². The summed E-state index contributed by atoms with van der Waals surface area (Å²) in [5.74, 6) is -0.988. The van der Waals surface area contributed by atoms with Crippen molar-refractivity contribution in [3.8, 4) is 0 Å². The summed E-state index contributed by atoms with van der Waals surface area (Å²) in [4.78, 5) is 40.1. The molecule has 10 heteroatoms. The first-order valence-electron chi connectivity index (χ1n) is 10.9. The zero-order valence-electron chi connectivity index (χ0n) is 19.2. The second-order valence-corrected chi connectivity index (χ2v) is 9.74. The van der Waals surface area contributed by atoms with Crippen LogP contribution in [-0.2, 0) is 24.3 Å². The van der Waals surface area contributed by atoms with Gasteiger partial charge in [-0.2, -0.15) is 0 Å². The average Bonchev–Trinajstić information content (AvgIpc) is 2.78. The van der Waals surface area contributed by atoms with Crippen molar-refractivity contribution in [2.75, 3.05) is 33.3 Å². The van der Waals surface area contributed by atoms with Gasteiger partial charge in [-0.3, -0.25) is 14.4 Å². The first kappa shape index (κ1) is 25.8. The lowest BCUT2D eigenvalue weighted by molar-refractivity contribution is -0.151. The van der Waals surface area contributed by atoms with E-state index in [4.69, 9.17) is 4.74 Å². The van der Waals surface area contributed by atoms with Crippen LogP contribution >= 0.6 is 0 Å². The summed E-state index contributed by atoms with van der Waals surface area (Å²) in [7, 11) is -2.12. The van der Waals surface area contributed by atoms with E-state index in [1.807, 2.05) is 6.92 Å². The number of rotatable bonds is 9. The molecule has 1 aromatic rings. The summed E-state index contributed by atoms with van der Waals surface area (Å²) >= 11 is 0. The Hall–Kier alpha value is -2.46.